The number of hydrogen-bond acceptors (Lipinski definition) is 1. The fourth-order valence-corrected chi connectivity index (χ4v) is 3.00. The van der Waals surface area contributed by atoms with Crippen LogP contribution >= 0.6 is 46.4 Å². The van der Waals surface area contributed by atoms with Gasteiger partial charge in [-0.15, -0.1) is 23.2 Å². The fraction of sp³-hybridized carbons (Fsp3) is 0.300. The molecule has 0 bridgehead atoms. The molecule has 0 saturated heterocycles. The first-order valence-corrected chi connectivity index (χ1v) is 5.77. The van der Waals surface area contributed by atoms with Crippen molar-refractivity contribution in [3.05, 3.63) is 33.8 Å². The average molecular weight is 284 g/mol. The summed E-state index contributed by atoms with van der Waals surface area (Å²) in [5.74, 6) is -0.593. The number of benzene rings is 1. The molecular weight excluding hydrogens is 278 g/mol. The third-order valence-corrected chi connectivity index (χ3v) is 3.91. The van der Waals surface area contributed by atoms with Crippen molar-refractivity contribution in [3.63, 3.8) is 0 Å². The van der Waals surface area contributed by atoms with Crippen LogP contribution in [0, 0.1) is 5.92 Å². The number of halogens is 4. The van der Waals surface area contributed by atoms with Crippen molar-refractivity contribution in [3.8, 4) is 0 Å². The van der Waals surface area contributed by atoms with E-state index in [1.807, 2.05) is 0 Å². The lowest BCUT2D eigenvalue weighted by molar-refractivity contribution is -0.108. The Hall–Kier alpha value is 0.0500. The van der Waals surface area contributed by atoms with E-state index in [4.69, 9.17) is 46.4 Å². The highest BCUT2D eigenvalue weighted by Crippen LogP contribution is 2.64. The van der Waals surface area contributed by atoms with E-state index >= 15 is 0 Å². The average Bonchev–Trinajstić information content (AvgIpc) is 2.66. The second-order valence-electron chi connectivity index (χ2n) is 3.52. The molecule has 0 N–H and O–H groups in total. The first-order valence-electron chi connectivity index (χ1n) is 4.26. The van der Waals surface area contributed by atoms with Crippen LogP contribution < -0.4 is 0 Å². The second kappa shape index (κ2) is 3.81. The molecule has 0 aromatic heterocycles. The van der Waals surface area contributed by atoms with Gasteiger partial charge in [0, 0.05) is 16.0 Å². The maximum atomic E-state index is 10.7. The van der Waals surface area contributed by atoms with Gasteiger partial charge in [-0.25, -0.2) is 0 Å². The summed E-state index contributed by atoms with van der Waals surface area (Å²) in [7, 11) is 0. The summed E-state index contributed by atoms with van der Waals surface area (Å²) >= 11 is 23.6. The van der Waals surface area contributed by atoms with Gasteiger partial charge >= 0.3 is 0 Å². The predicted octanol–water partition coefficient (Wildman–Crippen LogP) is 4.08. The minimum absolute atomic E-state index is 0.213. The summed E-state index contributed by atoms with van der Waals surface area (Å²) < 4.78 is -1.02. The summed E-state index contributed by atoms with van der Waals surface area (Å²) in [6, 6.07) is 5.07. The van der Waals surface area contributed by atoms with Gasteiger partial charge in [0.25, 0.3) is 0 Å². The van der Waals surface area contributed by atoms with E-state index in [1.165, 1.54) is 0 Å². The first-order chi connectivity index (χ1) is 6.96. The minimum atomic E-state index is -1.02. The normalized spacial score (nSPS) is 27.5. The minimum Gasteiger partial charge on any atom is -0.303 e. The Kier molecular flexibility index (Phi) is 2.93. The molecule has 2 atom stereocenters. The SMILES string of the molecule is O=C[C@H]1[C@@H](c2cc(Cl)cc(Cl)c2)C1(Cl)Cl. The maximum Gasteiger partial charge on any atom is 0.136 e. The largest absolute Gasteiger partial charge is 0.303 e. The highest BCUT2D eigenvalue weighted by molar-refractivity contribution is 6.53. The van der Waals surface area contributed by atoms with Crippen LogP contribution in [-0.4, -0.2) is 10.6 Å². The van der Waals surface area contributed by atoms with Crippen LogP contribution in [0.1, 0.15) is 11.5 Å². The lowest BCUT2D eigenvalue weighted by Gasteiger charge is -2.02. The number of rotatable bonds is 2. The standard InChI is InChI=1S/C10H6Cl4O/c11-6-1-5(2-7(12)3-6)9-8(4-15)10(9,13)14/h1-4,8-9H/t8-,9+/m0/s1. The molecule has 5 heteroatoms. The van der Waals surface area contributed by atoms with Gasteiger partial charge in [0.15, 0.2) is 0 Å². The smallest absolute Gasteiger partial charge is 0.136 e. The maximum absolute atomic E-state index is 10.7. The van der Waals surface area contributed by atoms with Crippen molar-refractivity contribution in [2.75, 3.05) is 0 Å². The zero-order chi connectivity index (χ0) is 11.2. The van der Waals surface area contributed by atoms with Gasteiger partial charge in [-0.1, -0.05) is 23.2 Å². The molecule has 0 amide bonds. The molecule has 1 saturated carbocycles. The zero-order valence-electron chi connectivity index (χ0n) is 7.38. The quantitative estimate of drug-likeness (QED) is 0.590. The van der Waals surface area contributed by atoms with Crippen LogP contribution in [-0.2, 0) is 4.79 Å². The Balaban J connectivity index is 2.36. The Labute approximate surface area is 107 Å². The molecule has 0 unspecified atom stereocenters. The van der Waals surface area contributed by atoms with Crippen molar-refractivity contribution in [2.24, 2.45) is 5.92 Å². The summed E-state index contributed by atoms with van der Waals surface area (Å²) in [4.78, 5) is 10.7. The molecule has 15 heavy (non-hydrogen) atoms. The van der Waals surface area contributed by atoms with Crippen LogP contribution in [0.3, 0.4) is 0 Å². The third kappa shape index (κ3) is 1.99. The van der Waals surface area contributed by atoms with E-state index in [-0.39, 0.29) is 11.8 Å². The second-order valence-corrected chi connectivity index (χ2v) is 5.83. The molecule has 1 fully saturated rings. The Morgan fingerprint density at radius 3 is 2.07 bits per heavy atom. The number of aldehydes is 1. The Bertz CT molecular complexity index is 396. The molecular formula is C10H6Cl4O. The highest BCUT2D eigenvalue weighted by Gasteiger charge is 2.64. The van der Waals surface area contributed by atoms with Crippen molar-refractivity contribution < 1.29 is 4.79 Å². The topological polar surface area (TPSA) is 17.1 Å². The molecule has 80 valence electrons. The van der Waals surface area contributed by atoms with Gasteiger partial charge in [-0.05, 0) is 23.8 Å². The van der Waals surface area contributed by atoms with E-state index in [9.17, 15) is 4.79 Å². The van der Waals surface area contributed by atoms with Crippen LogP contribution in [0.25, 0.3) is 0 Å². The van der Waals surface area contributed by atoms with Crippen LogP contribution in [0.4, 0.5) is 0 Å². The first kappa shape index (κ1) is 11.5. The van der Waals surface area contributed by atoms with E-state index in [0.717, 1.165) is 11.8 Å². The molecule has 0 heterocycles. The molecule has 0 spiro atoms. The van der Waals surface area contributed by atoms with Crippen LogP contribution in [0.2, 0.25) is 10.0 Å². The molecule has 1 nitrogen and oxygen atoms in total. The van der Waals surface area contributed by atoms with Gasteiger partial charge in [-0.2, -0.15) is 0 Å². The predicted molar refractivity (Wildman–Crippen MR) is 63.2 cm³/mol. The lowest BCUT2D eigenvalue weighted by atomic mass is 10.1. The molecule has 1 aromatic rings. The van der Waals surface area contributed by atoms with Crippen LogP contribution in [0.5, 0.6) is 0 Å². The van der Waals surface area contributed by atoms with Gasteiger partial charge in [0.1, 0.15) is 10.6 Å². The van der Waals surface area contributed by atoms with E-state index in [0.29, 0.717) is 10.0 Å². The van der Waals surface area contributed by atoms with Gasteiger partial charge < -0.3 is 4.79 Å². The van der Waals surface area contributed by atoms with Crippen molar-refractivity contribution >= 4 is 52.7 Å². The van der Waals surface area contributed by atoms with Crippen LogP contribution in [0.15, 0.2) is 18.2 Å². The molecule has 1 aromatic carbocycles. The number of alkyl halides is 2. The summed E-state index contributed by atoms with van der Waals surface area (Å²) in [6.07, 6.45) is 0.763. The summed E-state index contributed by atoms with van der Waals surface area (Å²) in [6.45, 7) is 0. The monoisotopic (exact) mass is 282 g/mol. The zero-order valence-corrected chi connectivity index (χ0v) is 10.4. The Morgan fingerprint density at radius 1 is 1.13 bits per heavy atom. The summed E-state index contributed by atoms with van der Waals surface area (Å²) in [5, 5.41) is 1.02. The Morgan fingerprint density at radius 2 is 1.67 bits per heavy atom. The molecule has 2 rings (SSSR count). The van der Waals surface area contributed by atoms with Crippen molar-refractivity contribution in [1.29, 1.82) is 0 Å². The molecule has 0 radical (unpaired) electrons. The van der Waals surface area contributed by atoms with Gasteiger partial charge in [-0.3, -0.25) is 0 Å². The molecule has 1 aliphatic rings. The molecule has 1 aliphatic carbocycles. The highest BCUT2D eigenvalue weighted by atomic mass is 35.5. The van der Waals surface area contributed by atoms with Gasteiger partial charge in [0.05, 0.1) is 5.92 Å². The number of carbonyl (C=O) groups is 1. The fourth-order valence-electron chi connectivity index (χ4n) is 1.70. The number of carbonyl (C=O) groups excluding carboxylic acids is 1. The lowest BCUT2D eigenvalue weighted by Crippen LogP contribution is -1.90. The van der Waals surface area contributed by atoms with E-state index in [1.54, 1.807) is 18.2 Å². The third-order valence-electron chi connectivity index (χ3n) is 2.50. The van der Waals surface area contributed by atoms with Gasteiger partial charge in [0.2, 0.25) is 0 Å². The van der Waals surface area contributed by atoms with E-state index < -0.39 is 4.33 Å². The van der Waals surface area contributed by atoms with E-state index in [2.05, 4.69) is 0 Å². The van der Waals surface area contributed by atoms with Crippen molar-refractivity contribution in [1.82, 2.24) is 0 Å². The number of hydrogen-bond donors (Lipinski definition) is 0. The summed E-state index contributed by atoms with van der Waals surface area (Å²) in [5.41, 5.74) is 0.801. The molecule has 0 aliphatic heterocycles. The van der Waals surface area contributed by atoms with Crippen molar-refractivity contribution in [2.45, 2.75) is 10.3 Å².